The zero-order chi connectivity index (χ0) is 11.3. The maximum Gasteiger partial charge on any atom is 0.137 e. The molecule has 84 valence electrons. The van der Waals surface area contributed by atoms with Crippen molar-refractivity contribution in [3.05, 3.63) is 28.3 Å². The van der Waals surface area contributed by atoms with E-state index in [1.165, 1.54) is 0 Å². The van der Waals surface area contributed by atoms with E-state index in [9.17, 15) is 0 Å². The van der Waals surface area contributed by atoms with E-state index < -0.39 is 0 Å². The second-order valence-electron chi connectivity index (χ2n) is 3.23. The monoisotopic (exact) mass is 229 g/mol. The van der Waals surface area contributed by atoms with Crippen molar-refractivity contribution in [1.29, 1.82) is 0 Å². The normalized spacial score (nSPS) is 10.4. The summed E-state index contributed by atoms with van der Waals surface area (Å²) < 4.78 is 10.3. The molecule has 0 heterocycles. The van der Waals surface area contributed by atoms with Gasteiger partial charge in [0.05, 0.1) is 18.7 Å². The highest BCUT2D eigenvalue weighted by Gasteiger charge is 2.08. The third-order valence-corrected chi connectivity index (χ3v) is 2.48. The first kappa shape index (κ1) is 12.3. The molecule has 0 radical (unpaired) electrons. The molecule has 3 nitrogen and oxygen atoms in total. The van der Waals surface area contributed by atoms with E-state index in [1.54, 1.807) is 14.2 Å². The number of halogens is 1. The highest BCUT2D eigenvalue weighted by atomic mass is 35.5. The molecule has 0 aliphatic carbocycles. The fourth-order valence-electron chi connectivity index (χ4n) is 1.47. The number of hydrogen-bond donors (Lipinski definition) is 1. The molecule has 1 rings (SSSR count). The van der Waals surface area contributed by atoms with Crippen molar-refractivity contribution in [2.45, 2.75) is 13.0 Å². The first-order valence-electron chi connectivity index (χ1n) is 4.77. The molecule has 0 saturated carbocycles. The minimum atomic E-state index is 0.545. The molecule has 1 aromatic rings. The fraction of sp³-hybridized carbons (Fsp3) is 0.455. The van der Waals surface area contributed by atoms with Crippen LogP contribution < -0.4 is 10.5 Å². The van der Waals surface area contributed by atoms with Crippen LogP contribution in [0.5, 0.6) is 5.75 Å². The van der Waals surface area contributed by atoms with Crippen LogP contribution >= 0.6 is 11.6 Å². The van der Waals surface area contributed by atoms with E-state index in [4.69, 9.17) is 26.8 Å². The Balaban J connectivity index is 3.07. The van der Waals surface area contributed by atoms with Crippen LogP contribution in [-0.2, 0) is 17.8 Å². The molecule has 2 N–H and O–H groups in total. The minimum Gasteiger partial charge on any atom is -0.495 e. The standard InChI is InChI=1S/C11H16ClNO2/c1-14-7-9-6-11(15-2)10(12)5-8(9)3-4-13/h5-6H,3-4,7,13H2,1-2H3. The topological polar surface area (TPSA) is 44.5 Å². The van der Waals surface area contributed by atoms with Crippen molar-refractivity contribution in [2.75, 3.05) is 20.8 Å². The Morgan fingerprint density at radius 2 is 2.00 bits per heavy atom. The van der Waals surface area contributed by atoms with Gasteiger partial charge in [0.25, 0.3) is 0 Å². The van der Waals surface area contributed by atoms with Gasteiger partial charge in [0.2, 0.25) is 0 Å². The van der Waals surface area contributed by atoms with Crippen LogP contribution in [0.25, 0.3) is 0 Å². The largest absolute Gasteiger partial charge is 0.495 e. The summed E-state index contributed by atoms with van der Waals surface area (Å²) in [7, 11) is 3.26. The molecule has 4 heteroatoms. The summed E-state index contributed by atoms with van der Waals surface area (Å²) >= 11 is 6.03. The van der Waals surface area contributed by atoms with Crippen LogP contribution in [0.2, 0.25) is 5.02 Å². The molecule has 0 amide bonds. The predicted molar refractivity (Wildman–Crippen MR) is 61.5 cm³/mol. The van der Waals surface area contributed by atoms with E-state index in [0.717, 1.165) is 17.5 Å². The predicted octanol–water partition coefficient (Wildman–Crippen LogP) is 2.00. The quantitative estimate of drug-likeness (QED) is 0.840. The molecule has 0 aliphatic heterocycles. The minimum absolute atomic E-state index is 0.545. The smallest absolute Gasteiger partial charge is 0.137 e. The van der Waals surface area contributed by atoms with Crippen LogP contribution in [0.15, 0.2) is 12.1 Å². The highest BCUT2D eigenvalue weighted by Crippen LogP contribution is 2.28. The molecule has 0 bridgehead atoms. The maximum atomic E-state index is 6.03. The lowest BCUT2D eigenvalue weighted by Gasteiger charge is -2.11. The van der Waals surface area contributed by atoms with Gasteiger partial charge in [-0.3, -0.25) is 0 Å². The summed E-state index contributed by atoms with van der Waals surface area (Å²) in [6, 6.07) is 3.79. The Labute approximate surface area is 95.1 Å². The maximum absolute atomic E-state index is 6.03. The van der Waals surface area contributed by atoms with Crippen molar-refractivity contribution >= 4 is 11.6 Å². The van der Waals surface area contributed by atoms with Crippen LogP contribution in [0.3, 0.4) is 0 Å². The summed E-state index contributed by atoms with van der Waals surface area (Å²) in [4.78, 5) is 0. The summed E-state index contributed by atoms with van der Waals surface area (Å²) in [5.74, 6) is 0.671. The Bertz CT molecular complexity index is 329. The van der Waals surface area contributed by atoms with Gasteiger partial charge < -0.3 is 15.2 Å². The number of hydrogen-bond acceptors (Lipinski definition) is 3. The van der Waals surface area contributed by atoms with Gasteiger partial charge in [0.1, 0.15) is 5.75 Å². The summed E-state index contributed by atoms with van der Waals surface area (Å²) in [6.07, 6.45) is 0.794. The highest BCUT2D eigenvalue weighted by molar-refractivity contribution is 6.32. The molecule has 15 heavy (non-hydrogen) atoms. The van der Waals surface area contributed by atoms with E-state index in [0.29, 0.717) is 23.9 Å². The molecule has 1 aromatic carbocycles. The Kier molecular flexibility index (Phi) is 4.88. The lowest BCUT2D eigenvalue weighted by atomic mass is 10.0. The Morgan fingerprint density at radius 3 is 2.53 bits per heavy atom. The first-order chi connectivity index (χ1) is 7.22. The number of nitrogens with two attached hydrogens (primary N) is 1. The van der Waals surface area contributed by atoms with Gasteiger partial charge in [-0.15, -0.1) is 0 Å². The molecule has 0 aromatic heterocycles. The van der Waals surface area contributed by atoms with Crippen molar-refractivity contribution in [3.8, 4) is 5.75 Å². The Hall–Kier alpha value is -0.770. The van der Waals surface area contributed by atoms with Crippen LogP contribution in [-0.4, -0.2) is 20.8 Å². The van der Waals surface area contributed by atoms with Gasteiger partial charge in [-0.2, -0.15) is 0 Å². The van der Waals surface area contributed by atoms with Gasteiger partial charge in [-0.05, 0) is 36.2 Å². The number of ether oxygens (including phenoxy) is 2. The summed E-state index contributed by atoms with van der Waals surface area (Å²) in [5.41, 5.74) is 7.72. The van der Waals surface area contributed by atoms with Crippen LogP contribution in [0, 0.1) is 0 Å². The van der Waals surface area contributed by atoms with E-state index in [2.05, 4.69) is 0 Å². The van der Waals surface area contributed by atoms with Crippen molar-refractivity contribution < 1.29 is 9.47 Å². The van der Waals surface area contributed by atoms with Gasteiger partial charge in [0.15, 0.2) is 0 Å². The van der Waals surface area contributed by atoms with E-state index in [-0.39, 0.29) is 0 Å². The number of benzene rings is 1. The van der Waals surface area contributed by atoms with Gasteiger partial charge in [-0.25, -0.2) is 0 Å². The number of methoxy groups -OCH3 is 2. The third kappa shape index (κ3) is 3.09. The average Bonchev–Trinajstić information content (AvgIpc) is 2.22. The molecule has 0 atom stereocenters. The zero-order valence-corrected chi connectivity index (χ0v) is 9.80. The van der Waals surface area contributed by atoms with Crippen LogP contribution in [0.1, 0.15) is 11.1 Å². The summed E-state index contributed by atoms with van der Waals surface area (Å²) in [6.45, 7) is 1.14. The molecule has 0 unspecified atom stereocenters. The van der Waals surface area contributed by atoms with Gasteiger partial charge in [0, 0.05) is 7.11 Å². The van der Waals surface area contributed by atoms with Crippen molar-refractivity contribution in [2.24, 2.45) is 5.73 Å². The molecular formula is C11H16ClNO2. The van der Waals surface area contributed by atoms with Crippen molar-refractivity contribution in [3.63, 3.8) is 0 Å². The lowest BCUT2D eigenvalue weighted by molar-refractivity contribution is 0.184. The van der Waals surface area contributed by atoms with Crippen LogP contribution in [0.4, 0.5) is 0 Å². The van der Waals surface area contributed by atoms with E-state index in [1.807, 2.05) is 12.1 Å². The van der Waals surface area contributed by atoms with Gasteiger partial charge in [-0.1, -0.05) is 11.6 Å². The zero-order valence-electron chi connectivity index (χ0n) is 9.05. The Morgan fingerprint density at radius 1 is 1.27 bits per heavy atom. The number of rotatable bonds is 5. The van der Waals surface area contributed by atoms with E-state index >= 15 is 0 Å². The molecule has 0 fully saturated rings. The second-order valence-corrected chi connectivity index (χ2v) is 3.63. The van der Waals surface area contributed by atoms with Gasteiger partial charge >= 0.3 is 0 Å². The third-order valence-electron chi connectivity index (χ3n) is 2.19. The molecular weight excluding hydrogens is 214 g/mol. The summed E-state index contributed by atoms with van der Waals surface area (Å²) in [5, 5.41) is 0.612. The average molecular weight is 230 g/mol. The lowest BCUT2D eigenvalue weighted by Crippen LogP contribution is -2.06. The molecule has 0 spiro atoms. The second kappa shape index (κ2) is 5.95. The SMILES string of the molecule is COCc1cc(OC)c(Cl)cc1CCN. The molecule has 0 saturated heterocycles. The first-order valence-corrected chi connectivity index (χ1v) is 5.15. The van der Waals surface area contributed by atoms with Crippen molar-refractivity contribution in [1.82, 2.24) is 0 Å². The molecule has 0 aliphatic rings. The fourth-order valence-corrected chi connectivity index (χ4v) is 1.73.